The predicted octanol–water partition coefficient (Wildman–Crippen LogP) is 1.84. The summed E-state index contributed by atoms with van der Waals surface area (Å²) in [6.45, 7) is 0. The van der Waals surface area contributed by atoms with Gasteiger partial charge in [-0.15, -0.1) is 0 Å². The van der Waals surface area contributed by atoms with E-state index in [1.807, 2.05) is 14.1 Å². The van der Waals surface area contributed by atoms with Crippen molar-refractivity contribution in [1.82, 2.24) is 4.90 Å². The SMILES string of the molecule is CN(C)C1=CC=C(CC/C(N)=N\O)CC=C1. The standard InChI is InChI=1S/C12H19N3O/c1-15(2)11-5-3-4-10(6-8-11)7-9-12(13)14-16/h3,5-6,8,16H,4,7,9H2,1-2H3,(H2,13,14). The maximum Gasteiger partial charge on any atom is 0.139 e. The molecule has 0 radical (unpaired) electrons. The fraction of sp³-hybridized carbons (Fsp3) is 0.417. The normalized spacial score (nSPS) is 16.5. The minimum absolute atomic E-state index is 0.283. The molecule has 0 aromatic carbocycles. The van der Waals surface area contributed by atoms with Crippen LogP contribution in [0.2, 0.25) is 0 Å². The van der Waals surface area contributed by atoms with Crippen LogP contribution in [0, 0.1) is 0 Å². The van der Waals surface area contributed by atoms with Crippen LogP contribution in [-0.2, 0) is 0 Å². The van der Waals surface area contributed by atoms with Gasteiger partial charge in [-0.05, 0) is 25.0 Å². The minimum atomic E-state index is 0.283. The van der Waals surface area contributed by atoms with Crippen LogP contribution in [0.15, 0.2) is 40.7 Å². The van der Waals surface area contributed by atoms with Crippen LogP contribution < -0.4 is 5.73 Å². The van der Waals surface area contributed by atoms with Gasteiger partial charge in [0.25, 0.3) is 0 Å². The molecular formula is C12H19N3O. The lowest BCUT2D eigenvalue weighted by atomic mass is 10.1. The zero-order chi connectivity index (χ0) is 12.0. The molecule has 1 rings (SSSR count). The van der Waals surface area contributed by atoms with Crippen LogP contribution in [0.25, 0.3) is 0 Å². The van der Waals surface area contributed by atoms with E-state index in [0.717, 1.165) is 12.8 Å². The summed E-state index contributed by atoms with van der Waals surface area (Å²) in [6, 6.07) is 0. The molecule has 1 aliphatic rings. The third-order valence-electron chi connectivity index (χ3n) is 2.51. The average molecular weight is 221 g/mol. The van der Waals surface area contributed by atoms with Crippen molar-refractivity contribution in [1.29, 1.82) is 0 Å². The first kappa shape index (κ1) is 12.4. The van der Waals surface area contributed by atoms with E-state index in [4.69, 9.17) is 10.9 Å². The molecule has 0 atom stereocenters. The molecule has 3 N–H and O–H groups in total. The second-order valence-electron chi connectivity index (χ2n) is 4.01. The minimum Gasteiger partial charge on any atom is -0.409 e. The number of amidine groups is 1. The zero-order valence-electron chi connectivity index (χ0n) is 9.85. The number of allylic oxidation sites excluding steroid dienone is 5. The Morgan fingerprint density at radius 1 is 1.50 bits per heavy atom. The average Bonchev–Trinajstić information content (AvgIpc) is 2.51. The number of nitrogens with zero attached hydrogens (tertiary/aromatic N) is 2. The molecule has 0 bridgehead atoms. The highest BCUT2D eigenvalue weighted by Crippen LogP contribution is 2.16. The highest BCUT2D eigenvalue weighted by atomic mass is 16.4. The number of likely N-dealkylation sites (N-methyl/N-ethyl adjacent to an activating group) is 1. The fourth-order valence-corrected chi connectivity index (χ4v) is 1.48. The van der Waals surface area contributed by atoms with Crippen molar-refractivity contribution >= 4 is 5.84 Å². The summed E-state index contributed by atoms with van der Waals surface area (Å²) in [5.41, 5.74) is 7.91. The van der Waals surface area contributed by atoms with E-state index in [-0.39, 0.29) is 5.84 Å². The van der Waals surface area contributed by atoms with Crippen molar-refractivity contribution in [3.8, 4) is 0 Å². The Balaban J connectivity index is 2.60. The molecule has 0 spiro atoms. The summed E-state index contributed by atoms with van der Waals surface area (Å²) in [5.74, 6) is 0.283. The molecule has 4 nitrogen and oxygen atoms in total. The lowest BCUT2D eigenvalue weighted by Gasteiger charge is -2.11. The van der Waals surface area contributed by atoms with Gasteiger partial charge in [0.05, 0.1) is 0 Å². The van der Waals surface area contributed by atoms with Crippen LogP contribution in [0.4, 0.5) is 0 Å². The first-order valence-corrected chi connectivity index (χ1v) is 5.33. The quantitative estimate of drug-likeness (QED) is 0.329. The van der Waals surface area contributed by atoms with Gasteiger partial charge in [-0.25, -0.2) is 0 Å². The van der Waals surface area contributed by atoms with Crippen LogP contribution in [-0.4, -0.2) is 30.0 Å². The molecule has 0 aliphatic heterocycles. The molecule has 0 saturated heterocycles. The van der Waals surface area contributed by atoms with E-state index in [1.165, 1.54) is 11.3 Å². The molecule has 0 aromatic heterocycles. The summed E-state index contributed by atoms with van der Waals surface area (Å²) in [5, 5.41) is 11.4. The molecule has 0 heterocycles. The van der Waals surface area contributed by atoms with Crippen LogP contribution >= 0.6 is 0 Å². The summed E-state index contributed by atoms with van der Waals surface area (Å²) in [7, 11) is 4.04. The van der Waals surface area contributed by atoms with Gasteiger partial charge in [0, 0.05) is 26.2 Å². The number of hydrogen-bond acceptors (Lipinski definition) is 3. The largest absolute Gasteiger partial charge is 0.409 e. The summed E-state index contributed by atoms with van der Waals surface area (Å²) in [6.07, 6.45) is 10.8. The molecule has 16 heavy (non-hydrogen) atoms. The number of rotatable bonds is 4. The van der Waals surface area contributed by atoms with Crippen molar-refractivity contribution in [2.75, 3.05) is 14.1 Å². The Morgan fingerprint density at radius 2 is 2.25 bits per heavy atom. The lowest BCUT2D eigenvalue weighted by molar-refractivity contribution is 0.317. The first-order chi connectivity index (χ1) is 7.63. The molecule has 0 amide bonds. The second kappa shape index (κ2) is 6.00. The van der Waals surface area contributed by atoms with Crippen molar-refractivity contribution in [3.63, 3.8) is 0 Å². The van der Waals surface area contributed by atoms with E-state index >= 15 is 0 Å². The molecule has 0 unspecified atom stereocenters. The number of oxime groups is 1. The zero-order valence-corrected chi connectivity index (χ0v) is 9.85. The predicted molar refractivity (Wildman–Crippen MR) is 66.3 cm³/mol. The van der Waals surface area contributed by atoms with E-state index in [2.05, 4.69) is 34.4 Å². The van der Waals surface area contributed by atoms with Crippen LogP contribution in [0.3, 0.4) is 0 Å². The molecule has 0 aromatic rings. The fourth-order valence-electron chi connectivity index (χ4n) is 1.48. The summed E-state index contributed by atoms with van der Waals surface area (Å²) < 4.78 is 0. The maximum atomic E-state index is 8.45. The van der Waals surface area contributed by atoms with Crippen molar-refractivity contribution in [2.24, 2.45) is 10.9 Å². The topological polar surface area (TPSA) is 61.8 Å². The van der Waals surface area contributed by atoms with Gasteiger partial charge in [0.2, 0.25) is 0 Å². The Hall–Kier alpha value is -1.71. The third-order valence-corrected chi connectivity index (χ3v) is 2.51. The Kier molecular flexibility index (Phi) is 4.64. The summed E-state index contributed by atoms with van der Waals surface area (Å²) in [4.78, 5) is 2.07. The van der Waals surface area contributed by atoms with Crippen LogP contribution in [0.5, 0.6) is 0 Å². The van der Waals surface area contributed by atoms with Crippen LogP contribution in [0.1, 0.15) is 19.3 Å². The Labute approximate surface area is 96.4 Å². The van der Waals surface area contributed by atoms with Crippen molar-refractivity contribution in [3.05, 3.63) is 35.6 Å². The number of hydrogen-bond donors (Lipinski definition) is 2. The van der Waals surface area contributed by atoms with Crippen molar-refractivity contribution < 1.29 is 5.21 Å². The van der Waals surface area contributed by atoms with Crippen molar-refractivity contribution in [2.45, 2.75) is 19.3 Å². The van der Waals surface area contributed by atoms with Gasteiger partial charge in [0.1, 0.15) is 5.84 Å². The van der Waals surface area contributed by atoms with Gasteiger partial charge in [0.15, 0.2) is 0 Å². The highest BCUT2D eigenvalue weighted by Gasteiger charge is 2.02. The van der Waals surface area contributed by atoms with E-state index in [9.17, 15) is 0 Å². The van der Waals surface area contributed by atoms with Gasteiger partial charge in [-0.1, -0.05) is 22.9 Å². The molecular weight excluding hydrogens is 202 g/mol. The Morgan fingerprint density at radius 3 is 2.88 bits per heavy atom. The van der Waals surface area contributed by atoms with E-state index < -0.39 is 0 Å². The van der Waals surface area contributed by atoms with E-state index in [0.29, 0.717) is 6.42 Å². The maximum absolute atomic E-state index is 8.45. The third kappa shape index (κ3) is 3.81. The van der Waals surface area contributed by atoms with E-state index in [1.54, 1.807) is 0 Å². The van der Waals surface area contributed by atoms with Gasteiger partial charge in [-0.3, -0.25) is 0 Å². The van der Waals surface area contributed by atoms with Gasteiger partial charge >= 0.3 is 0 Å². The van der Waals surface area contributed by atoms with Gasteiger partial charge < -0.3 is 15.8 Å². The summed E-state index contributed by atoms with van der Waals surface area (Å²) >= 11 is 0. The smallest absolute Gasteiger partial charge is 0.139 e. The lowest BCUT2D eigenvalue weighted by Crippen LogP contribution is -2.11. The monoisotopic (exact) mass is 221 g/mol. The first-order valence-electron chi connectivity index (χ1n) is 5.33. The van der Waals surface area contributed by atoms with Gasteiger partial charge in [-0.2, -0.15) is 0 Å². The molecule has 0 saturated carbocycles. The molecule has 1 aliphatic carbocycles. The molecule has 0 fully saturated rings. The molecule has 88 valence electrons. The Bertz CT molecular complexity index is 351. The highest BCUT2D eigenvalue weighted by molar-refractivity contribution is 5.79. The second-order valence-corrected chi connectivity index (χ2v) is 4.01. The number of nitrogens with two attached hydrogens (primary N) is 1. The molecule has 4 heteroatoms.